The van der Waals surface area contributed by atoms with Gasteiger partial charge in [-0.2, -0.15) is 0 Å². The summed E-state index contributed by atoms with van der Waals surface area (Å²) in [6, 6.07) is 11.5. The molecule has 1 heterocycles. The van der Waals surface area contributed by atoms with Crippen molar-refractivity contribution in [2.45, 2.75) is 12.5 Å². The van der Waals surface area contributed by atoms with Crippen molar-refractivity contribution in [1.82, 2.24) is 5.32 Å². The lowest BCUT2D eigenvalue weighted by Crippen LogP contribution is -2.30. The van der Waals surface area contributed by atoms with Gasteiger partial charge in [0.2, 0.25) is 0 Å². The Morgan fingerprint density at radius 3 is 2.43 bits per heavy atom. The molecule has 0 saturated carbocycles. The normalized spacial score (nSPS) is 17.1. The Bertz CT molecular complexity index is 632. The maximum absolute atomic E-state index is 9.78. The molecule has 4 nitrogen and oxygen atoms in total. The van der Waals surface area contributed by atoms with Crippen LogP contribution in [0.5, 0.6) is 17.2 Å². The Morgan fingerprint density at radius 2 is 1.76 bits per heavy atom. The third kappa shape index (κ3) is 2.67. The zero-order valence-electron chi connectivity index (χ0n) is 12.2. The number of phenolic OH excluding ortho intramolecular Hbond substituents is 1. The van der Waals surface area contributed by atoms with Gasteiger partial charge in [0, 0.05) is 12.6 Å². The predicted octanol–water partition coefficient (Wildman–Crippen LogP) is 2.64. The summed E-state index contributed by atoms with van der Waals surface area (Å²) in [7, 11) is 3.29. The molecule has 1 atom stereocenters. The average Bonchev–Trinajstić information content (AvgIpc) is 2.53. The summed E-state index contributed by atoms with van der Waals surface area (Å²) in [6.45, 7) is 0.905. The number of aromatic hydroxyl groups is 1. The highest BCUT2D eigenvalue weighted by molar-refractivity contribution is 5.47. The van der Waals surface area contributed by atoms with E-state index in [9.17, 15) is 5.11 Å². The van der Waals surface area contributed by atoms with Crippen LogP contribution in [-0.2, 0) is 6.42 Å². The minimum absolute atomic E-state index is 0.0323. The molecule has 0 amide bonds. The second-order valence-corrected chi connectivity index (χ2v) is 5.17. The van der Waals surface area contributed by atoms with E-state index < -0.39 is 0 Å². The lowest BCUT2D eigenvalue weighted by molar-refractivity contribution is 0.392. The Hall–Kier alpha value is -2.20. The van der Waals surface area contributed by atoms with E-state index in [-0.39, 0.29) is 11.8 Å². The summed E-state index contributed by atoms with van der Waals surface area (Å²) in [5, 5.41) is 13.3. The molecular weight excluding hydrogens is 266 g/mol. The maximum atomic E-state index is 9.78. The Morgan fingerprint density at radius 1 is 1.05 bits per heavy atom. The van der Waals surface area contributed by atoms with E-state index in [0.29, 0.717) is 0 Å². The number of benzene rings is 2. The highest BCUT2D eigenvalue weighted by Gasteiger charge is 2.22. The molecule has 3 rings (SSSR count). The zero-order chi connectivity index (χ0) is 14.8. The van der Waals surface area contributed by atoms with Crippen LogP contribution in [0.3, 0.4) is 0 Å². The maximum Gasteiger partial charge on any atom is 0.122 e. The van der Waals surface area contributed by atoms with Crippen molar-refractivity contribution in [2.24, 2.45) is 0 Å². The topological polar surface area (TPSA) is 50.7 Å². The summed E-state index contributed by atoms with van der Waals surface area (Å²) >= 11 is 0. The Kier molecular flexibility index (Phi) is 3.71. The summed E-state index contributed by atoms with van der Waals surface area (Å²) in [4.78, 5) is 0. The van der Waals surface area contributed by atoms with Crippen LogP contribution in [0.2, 0.25) is 0 Å². The number of methoxy groups -OCH3 is 2. The van der Waals surface area contributed by atoms with Gasteiger partial charge in [-0.1, -0.05) is 6.07 Å². The number of phenols is 1. The first-order valence-corrected chi connectivity index (χ1v) is 6.99. The molecule has 0 bridgehead atoms. The molecule has 0 saturated heterocycles. The molecule has 1 aliphatic rings. The highest BCUT2D eigenvalue weighted by atomic mass is 16.5. The number of fused-ring (bicyclic) bond motifs is 1. The van der Waals surface area contributed by atoms with Gasteiger partial charge in [0.25, 0.3) is 0 Å². The third-order valence-electron chi connectivity index (χ3n) is 3.89. The second kappa shape index (κ2) is 5.66. The largest absolute Gasteiger partial charge is 0.508 e. The predicted molar refractivity (Wildman–Crippen MR) is 81.2 cm³/mol. The van der Waals surface area contributed by atoms with Gasteiger partial charge in [-0.3, -0.25) is 0 Å². The molecule has 0 aromatic heterocycles. The molecule has 2 N–H and O–H groups in total. The van der Waals surface area contributed by atoms with Crippen molar-refractivity contribution in [3.63, 3.8) is 0 Å². The van der Waals surface area contributed by atoms with Gasteiger partial charge in [0.1, 0.15) is 17.2 Å². The van der Waals surface area contributed by atoms with Crippen LogP contribution in [0.25, 0.3) is 0 Å². The molecule has 2 aromatic carbocycles. The van der Waals surface area contributed by atoms with Crippen molar-refractivity contribution in [3.8, 4) is 17.2 Å². The summed E-state index contributed by atoms with van der Waals surface area (Å²) < 4.78 is 10.7. The van der Waals surface area contributed by atoms with E-state index in [4.69, 9.17) is 9.47 Å². The number of rotatable bonds is 3. The van der Waals surface area contributed by atoms with E-state index in [0.717, 1.165) is 35.6 Å². The number of hydrogen-bond acceptors (Lipinski definition) is 4. The quantitative estimate of drug-likeness (QED) is 0.910. The van der Waals surface area contributed by atoms with E-state index >= 15 is 0 Å². The third-order valence-corrected chi connectivity index (χ3v) is 3.89. The zero-order valence-corrected chi connectivity index (χ0v) is 12.2. The van der Waals surface area contributed by atoms with Crippen molar-refractivity contribution in [3.05, 3.63) is 53.1 Å². The average molecular weight is 285 g/mol. The smallest absolute Gasteiger partial charge is 0.122 e. The fraction of sp³-hybridized carbons (Fsp3) is 0.294. The first kappa shape index (κ1) is 13.8. The first-order chi connectivity index (χ1) is 10.2. The van der Waals surface area contributed by atoms with Gasteiger partial charge < -0.3 is 19.9 Å². The Labute approximate surface area is 124 Å². The molecule has 0 fully saturated rings. The van der Waals surface area contributed by atoms with Crippen LogP contribution >= 0.6 is 0 Å². The summed E-state index contributed by atoms with van der Waals surface area (Å²) in [5.74, 6) is 1.81. The summed E-state index contributed by atoms with van der Waals surface area (Å²) in [6.07, 6.45) is 0.965. The molecule has 0 aliphatic carbocycles. The van der Waals surface area contributed by atoms with Crippen molar-refractivity contribution in [2.75, 3.05) is 20.8 Å². The van der Waals surface area contributed by atoms with E-state index in [1.807, 2.05) is 30.3 Å². The van der Waals surface area contributed by atoms with Crippen molar-refractivity contribution in [1.29, 1.82) is 0 Å². The fourth-order valence-electron chi connectivity index (χ4n) is 2.83. The first-order valence-electron chi connectivity index (χ1n) is 6.99. The molecule has 4 heteroatoms. The number of nitrogens with one attached hydrogen (secondary N) is 1. The van der Waals surface area contributed by atoms with Gasteiger partial charge in [0.05, 0.1) is 20.3 Å². The monoisotopic (exact) mass is 285 g/mol. The molecule has 1 unspecified atom stereocenters. The SMILES string of the molecule is COc1cc(OC)cc(C2NCCc3ccc(O)cc32)c1. The fourth-order valence-corrected chi connectivity index (χ4v) is 2.83. The highest BCUT2D eigenvalue weighted by Crippen LogP contribution is 2.34. The summed E-state index contributed by atoms with van der Waals surface area (Å²) in [5.41, 5.74) is 3.44. The number of hydrogen-bond donors (Lipinski definition) is 2. The van der Waals surface area contributed by atoms with Crippen LogP contribution in [0, 0.1) is 0 Å². The van der Waals surface area contributed by atoms with Gasteiger partial charge in [-0.15, -0.1) is 0 Å². The second-order valence-electron chi connectivity index (χ2n) is 5.17. The van der Waals surface area contributed by atoms with Crippen molar-refractivity contribution >= 4 is 0 Å². The molecule has 0 radical (unpaired) electrons. The minimum Gasteiger partial charge on any atom is -0.508 e. The number of ether oxygens (including phenoxy) is 2. The molecule has 1 aliphatic heterocycles. The molecule has 0 spiro atoms. The molecule has 21 heavy (non-hydrogen) atoms. The molecule has 2 aromatic rings. The molecular formula is C17H19NO3. The lowest BCUT2D eigenvalue weighted by atomic mass is 9.89. The lowest BCUT2D eigenvalue weighted by Gasteiger charge is -2.28. The van der Waals surface area contributed by atoms with Gasteiger partial charge in [-0.25, -0.2) is 0 Å². The van der Waals surface area contributed by atoms with E-state index in [2.05, 4.69) is 5.32 Å². The van der Waals surface area contributed by atoms with Crippen LogP contribution in [0.4, 0.5) is 0 Å². The van der Waals surface area contributed by atoms with E-state index in [1.54, 1.807) is 20.3 Å². The van der Waals surface area contributed by atoms with Gasteiger partial charge >= 0.3 is 0 Å². The van der Waals surface area contributed by atoms with E-state index in [1.165, 1.54) is 5.56 Å². The minimum atomic E-state index is 0.0323. The van der Waals surface area contributed by atoms with Gasteiger partial charge in [0.15, 0.2) is 0 Å². The van der Waals surface area contributed by atoms with Crippen LogP contribution in [0.1, 0.15) is 22.7 Å². The standard InChI is InChI=1S/C17H19NO3/c1-20-14-7-12(8-15(10-14)21-2)17-16-9-13(19)4-3-11(16)5-6-18-17/h3-4,7-10,17-19H,5-6H2,1-2H3. The van der Waals surface area contributed by atoms with Crippen LogP contribution in [-0.4, -0.2) is 25.9 Å². The van der Waals surface area contributed by atoms with Crippen LogP contribution < -0.4 is 14.8 Å². The van der Waals surface area contributed by atoms with Crippen LogP contribution in [0.15, 0.2) is 36.4 Å². The van der Waals surface area contributed by atoms with Gasteiger partial charge in [-0.05, 0) is 47.4 Å². The molecule has 110 valence electrons. The van der Waals surface area contributed by atoms with Crippen molar-refractivity contribution < 1.29 is 14.6 Å². The Balaban J connectivity index is 2.08.